The summed E-state index contributed by atoms with van der Waals surface area (Å²) in [6.45, 7) is 5.38. The number of aromatic amines is 1. The van der Waals surface area contributed by atoms with E-state index in [1.165, 1.54) is 5.69 Å². The van der Waals surface area contributed by atoms with Crippen molar-refractivity contribution in [1.82, 2.24) is 9.88 Å². The van der Waals surface area contributed by atoms with Gasteiger partial charge in [-0.25, -0.2) is 0 Å². The number of rotatable bonds is 4. The Morgan fingerprint density at radius 3 is 3.13 bits per heavy atom. The molecule has 2 heterocycles. The first-order valence-electron chi connectivity index (χ1n) is 5.32. The Morgan fingerprint density at radius 1 is 1.67 bits per heavy atom. The number of carbonyl (C=O) groups is 1. The molecule has 1 aliphatic rings. The van der Waals surface area contributed by atoms with Gasteiger partial charge in [0.25, 0.3) is 0 Å². The molecule has 1 amide bonds. The van der Waals surface area contributed by atoms with E-state index in [0.29, 0.717) is 12.3 Å². The van der Waals surface area contributed by atoms with Gasteiger partial charge in [0.15, 0.2) is 0 Å². The van der Waals surface area contributed by atoms with Crippen LogP contribution in [0.1, 0.15) is 12.1 Å². The predicted octanol–water partition coefficient (Wildman–Crippen LogP) is 1.59. The molecule has 1 aliphatic heterocycles. The molecule has 0 aromatic carbocycles. The first-order chi connectivity index (χ1) is 7.29. The monoisotopic (exact) mass is 204 g/mol. The van der Waals surface area contributed by atoms with Gasteiger partial charge in [-0.05, 0) is 12.1 Å². The maximum atomic E-state index is 11.6. The van der Waals surface area contributed by atoms with Crippen LogP contribution in [0.3, 0.4) is 0 Å². The summed E-state index contributed by atoms with van der Waals surface area (Å²) in [5.74, 6) is 0.604. The van der Waals surface area contributed by atoms with E-state index >= 15 is 0 Å². The number of H-pyrrole nitrogens is 1. The summed E-state index contributed by atoms with van der Waals surface area (Å²) in [6, 6.07) is 4.03. The highest BCUT2D eigenvalue weighted by molar-refractivity contribution is 5.78. The second-order valence-electron chi connectivity index (χ2n) is 3.99. The fraction of sp³-hybridized carbons (Fsp3) is 0.417. The first-order valence-corrected chi connectivity index (χ1v) is 5.32. The number of nitrogens with zero attached hydrogens (tertiary/aromatic N) is 1. The van der Waals surface area contributed by atoms with Gasteiger partial charge in [0.1, 0.15) is 0 Å². The molecule has 1 atom stereocenters. The number of aromatic nitrogens is 1. The number of hydrogen-bond acceptors (Lipinski definition) is 1. The Balaban J connectivity index is 1.85. The van der Waals surface area contributed by atoms with E-state index in [-0.39, 0.29) is 5.91 Å². The van der Waals surface area contributed by atoms with E-state index in [4.69, 9.17) is 0 Å². The minimum absolute atomic E-state index is 0.256. The number of nitrogens with one attached hydrogen (secondary N) is 1. The molecule has 3 heteroatoms. The zero-order valence-electron chi connectivity index (χ0n) is 8.78. The Bertz CT molecular complexity index is 343. The molecule has 0 spiro atoms. The van der Waals surface area contributed by atoms with E-state index in [1.807, 2.05) is 29.3 Å². The summed E-state index contributed by atoms with van der Waals surface area (Å²) >= 11 is 0. The van der Waals surface area contributed by atoms with Gasteiger partial charge in [0.05, 0.1) is 0 Å². The number of hydrogen-bond donors (Lipinski definition) is 1. The van der Waals surface area contributed by atoms with E-state index in [2.05, 4.69) is 11.6 Å². The van der Waals surface area contributed by atoms with Crippen LogP contribution in [0.5, 0.6) is 0 Å². The number of likely N-dealkylation sites (tertiary alicyclic amines) is 1. The molecule has 1 fully saturated rings. The molecule has 1 aromatic rings. The van der Waals surface area contributed by atoms with Crippen molar-refractivity contribution in [3.8, 4) is 0 Å². The molecule has 1 aromatic heterocycles. The molecule has 2 rings (SSSR count). The molecular formula is C12H16N2O. The molecule has 0 bridgehead atoms. The maximum absolute atomic E-state index is 11.6. The molecule has 80 valence electrons. The summed E-state index contributed by atoms with van der Waals surface area (Å²) in [4.78, 5) is 16.6. The van der Waals surface area contributed by atoms with Crippen LogP contribution in [0, 0.1) is 5.92 Å². The maximum Gasteiger partial charge on any atom is 0.223 e. The summed E-state index contributed by atoms with van der Waals surface area (Å²) in [5, 5.41) is 0. The zero-order chi connectivity index (χ0) is 10.7. The van der Waals surface area contributed by atoms with E-state index in [1.54, 1.807) is 0 Å². The van der Waals surface area contributed by atoms with Crippen molar-refractivity contribution in [2.24, 2.45) is 5.92 Å². The van der Waals surface area contributed by atoms with Crippen LogP contribution in [-0.4, -0.2) is 28.9 Å². The van der Waals surface area contributed by atoms with Gasteiger partial charge in [-0.1, -0.05) is 6.08 Å². The van der Waals surface area contributed by atoms with Gasteiger partial charge < -0.3 is 9.88 Å². The summed E-state index contributed by atoms with van der Waals surface area (Å²) < 4.78 is 0. The lowest BCUT2D eigenvalue weighted by molar-refractivity contribution is -0.127. The minimum Gasteiger partial charge on any atom is -0.365 e. The van der Waals surface area contributed by atoms with Crippen LogP contribution in [0.2, 0.25) is 0 Å². The van der Waals surface area contributed by atoms with Crippen LogP contribution in [0.4, 0.5) is 0 Å². The zero-order valence-corrected chi connectivity index (χ0v) is 8.78. The van der Waals surface area contributed by atoms with Crippen molar-refractivity contribution < 1.29 is 4.79 Å². The second kappa shape index (κ2) is 4.34. The molecule has 1 unspecified atom stereocenters. The Morgan fingerprint density at radius 2 is 2.53 bits per heavy atom. The highest BCUT2D eigenvalue weighted by Gasteiger charge is 2.26. The van der Waals surface area contributed by atoms with Crippen molar-refractivity contribution in [2.45, 2.75) is 12.8 Å². The highest BCUT2D eigenvalue weighted by atomic mass is 16.2. The molecule has 1 saturated heterocycles. The molecule has 1 N–H and O–H groups in total. The lowest BCUT2D eigenvalue weighted by Gasteiger charge is -2.15. The van der Waals surface area contributed by atoms with Crippen molar-refractivity contribution in [1.29, 1.82) is 0 Å². The first kappa shape index (κ1) is 10.0. The molecule has 0 radical (unpaired) electrons. The smallest absolute Gasteiger partial charge is 0.223 e. The third-order valence-electron chi connectivity index (χ3n) is 2.89. The fourth-order valence-corrected chi connectivity index (χ4v) is 1.96. The summed E-state index contributed by atoms with van der Waals surface area (Å²) in [7, 11) is 0. The second-order valence-corrected chi connectivity index (χ2v) is 3.99. The van der Waals surface area contributed by atoms with Gasteiger partial charge in [0.2, 0.25) is 5.91 Å². The Hall–Kier alpha value is -1.51. The fourth-order valence-electron chi connectivity index (χ4n) is 1.96. The molecule has 0 aliphatic carbocycles. The molecule has 0 saturated carbocycles. The van der Waals surface area contributed by atoms with Crippen LogP contribution in [0.15, 0.2) is 31.0 Å². The normalized spacial score (nSPS) is 20.9. The predicted molar refractivity (Wildman–Crippen MR) is 59.4 cm³/mol. The van der Waals surface area contributed by atoms with Gasteiger partial charge in [-0.15, -0.1) is 6.58 Å². The lowest BCUT2D eigenvalue weighted by Crippen LogP contribution is -2.27. The number of carbonyl (C=O) groups excluding carboxylic acids is 1. The standard InChI is InChI=1S/C12H16N2O/c1-2-10-8-12(15)14(9-10)7-5-11-4-3-6-13-11/h2-4,6,10,13H,1,5,7-9H2. The number of amides is 1. The summed E-state index contributed by atoms with van der Waals surface area (Å²) in [5.41, 5.74) is 1.19. The Kier molecular flexibility index (Phi) is 2.90. The van der Waals surface area contributed by atoms with E-state index < -0.39 is 0 Å². The van der Waals surface area contributed by atoms with Gasteiger partial charge >= 0.3 is 0 Å². The Labute approximate surface area is 89.8 Å². The molecule has 15 heavy (non-hydrogen) atoms. The SMILES string of the molecule is C=CC1CC(=O)N(CCc2ccc[nH]2)C1. The van der Waals surface area contributed by atoms with Gasteiger partial charge in [-0.3, -0.25) is 4.79 Å². The average molecular weight is 204 g/mol. The molecule has 3 nitrogen and oxygen atoms in total. The van der Waals surface area contributed by atoms with E-state index in [9.17, 15) is 4.79 Å². The lowest BCUT2D eigenvalue weighted by atomic mass is 10.1. The van der Waals surface area contributed by atoms with Gasteiger partial charge in [0, 0.05) is 43.7 Å². The van der Waals surface area contributed by atoms with Crippen LogP contribution < -0.4 is 0 Å². The largest absolute Gasteiger partial charge is 0.365 e. The molecular weight excluding hydrogens is 188 g/mol. The van der Waals surface area contributed by atoms with Crippen molar-refractivity contribution >= 4 is 5.91 Å². The van der Waals surface area contributed by atoms with Crippen LogP contribution in [0.25, 0.3) is 0 Å². The third kappa shape index (κ3) is 2.29. The van der Waals surface area contributed by atoms with Gasteiger partial charge in [-0.2, -0.15) is 0 Å². The summed E-state index contributed by atoms with van der Waals surface area (Å²) in [6.07, 6.45) is 5.33. The average Bonchev–Trinajstić information content (AvgIpc) is 2.84. The highest BCUT2D eigenvalue weighted by Crippen LogP contribution is 2.18. The topological polar surface area (TPSA) is 36.1 Å². The van der Waals surface area contributed by atoms with Crippen molar-refractivity contribution in [2.75, 3.05) is 13.1 Å². The quantitative estimate of drug-likeness (QED) is 0.743. The minimum atomic E-state index is 0.256. The van der Waals surface area contributed by atoms with E-state index in [0.717, 1.165) is 19.5 Å². The van der Waals surface area contributed by atoms with Crippen molar-refractivity contribution in [3.63, 3.8) is 0 Å². The van der Waals surface area contributed by atoms with Crippen molar-refractivity contribution in [3.05, 3.63) is 36.7 Å². The van der Waals surface area contributed by atoms with Crippen LogP contribution in [-0.2, 0) is 11.2 Å². The third-order valence-corrected chi connectivity index (χ3v) is 2.89. The van der Waals surface area contributed by atoms with Crippen LogP contribution >= 0.6 is 0 Å².